The van der Waals surface area contributed by atoms with Crippen LogP contribution in [0, 0.1) is 0 Å². The third-order valence-corrected chi connectivity index (χ3v) is 4.45. The molecule has 130 valence electrons. The van der Waals surface area contributed by atoms with E-state index in [0.29, 0.717) is 19.1 Å². The molecule has 1 aromatic carbocycles. The molecular weight excluding hydrogens is 320 g/mol. The minimum atomic E-state index is 0.466. The van der Waals surface area contributed by atoms with Crippen molar-refractivity contribution in [3.05, 3.63) is 51.5 Å². The molecule has 6 heteroatoms. The molecule has 2 aromatic rings. The smallest absolute Gasteiger partial charge is 0.191 e. The fraction of sp³-hybridized carbons (Fsp3) is 0.444. The van der Waals surface area contributed by atoms with Gasteiger partial charge in [-0.25, -0.2) is 4.98 Å². The Hall–Kier alpha value is -1.92. The zero-order valence-corrected chi connectivity index (χ0v) is 15.6. The van der Waals surface area contributed by atoms with Gasteiger partial charge in [-0.15, -0.1) is 11.3 Å². The molecule has 0 amide bonds. The van der Waals surface area contributed by atoms with Crippen LogP contribution in [0.2, 0.25) is 0 Å². The largest absolute Gasteiger partial charge is 0.380 e. The van der Waals surface area contributed by atoms with Gasteiger partial charge in [0.05, 0.1) is 18.8 Å². The van der Waals surface area contributed by atoms with Crippen LogP contribution < -0.4 is 10.6 Å². The van der Waals surface area contributed by atoms with Gasteiger partial charge < -0.3 is 15.4 Å². The Morgan fingerprint density at radius 3 is 2.42 bits per heavy atom. The number of aromatic nitrogens is 1. The van der Waals surface area contributed by atoms with Crippen molar-refractivity contribution >= 4 is 17.3 Å². The molecule has 24 heavy (non-hydrogen) atoms. The summed E-state index contributed by atoms with van der Waals surface area (Å²) in [6.45, 7) is 6.37. The van der Waals surface area contributed by atoms with Crippen LogP contribution in [0.1, 0.15) is 41.6 Å². The van der Waals surface area contributed by atoms with Crippen molar-refractivity contribution < 1.29 is 4.74 Å². The molecule has 1 heterocycles. The zero-order valence-electron chi connectivity index (χ0n) is 14.8. The van der Waals surface area contributed by atoms with E-state index in [2.05, 4.69) is 64.1 Å². The molecule has 0 saturated carbocycles. The number of aliphatic imine (C=N–C) groups is 1. The molecule has 0 aliphatic heterocycles. The number of nitrogens with one attached hydrogen (secondary N) is 2. The maximum atomic E-state index is 5.12. The van der Waals surface area contributed by atoms with Gasteiger partial charge in [-0.05, 0) is 17.0 Å². The van der Waals surface area contributed by atoms with Gasteiger partial charge in [-0.3, -0.25) is 4.99 Å². The van der Waals surface area contributed by atoms with E-state index >= 15 is 0 Å². The Balaban J connectivity index is 1.81. The monoisotopic (exact) mass is 346 g/mol. The van der Waals surface area contributed by atoms with Crippen LogP contribution in [-0.4, -0.2) is 25.1 Å². The summed E-state index contributed by atoms with van der Waals surface area (Å²) < 4.78 is 5.12. The standard InChI is InChI=1S/C18H26N4OS/c1-13(2)16-12-24-17(22-16)10-21-18(19-3)20-9-14-5-7-15(8-6-14)11-23-4/h5-8,12-13H,9-11H2,1-4H3,(H2,19,20,21). The minimum Gasteiger partial charge on any atom is -0.380 e. The lowest BCUT2D eigenvalue weighted by molar-refractivity contribution is 0.185. The quantitative estimate of drug-likeness (QED) is 0.597. The van der Waals surface area contributed by atoms with Crippen LogP contribution in [0.15, 0.2) is 34.6 Å². The molecule has 0 atom stereocenters. The normalized spacial score (nSPS) is 11.8. The van der Waals surface area contributed by atoms with Gasteiger partial charge in [0.1, 0.15) is 5.01 Å². The van der Waals surface area contributed by atoms with Crippen molar-refractivity contribution in [3.63, 3.8) is 0 Å². The summed E-state index contributed by atoms with van der Waals surface area (Å²) in [7, 11) is 3.48. The van der Waals surface area contributed by atoms with Crippen molar-refractivity contribution in [1.29, 1.82) is 0 Å². The molecule has 1 aromatic heterocycles. The molecule has 0 fully saturated rings. The van der Waals surface area contributed by atoms with Gasteiger partial charge in [-0.2, -0.15) is 0 Å². The maximum Gasteiger partial charge on any atom is 0.191 e. The first-order valence-electron chi connectivity index (χ1n) is 8.08. The molecule has 0 bridgehead atoms. The SMILES string of the molecule is CN=C(NCc1ccc(COC)cc1)NCc1nc(C(C)C)cs1. The first kappa shape index (κ1) is 18.4. The molecule has 0 aliphatic carbocycles. The summed E-state index contributed by atoms with van der Waals surface area (Å²) in [4.78, 5) is 8.88. The van der Waals surface area contributed by atoms with Crippen LogP contribution in [0.5, 0.6) is 0 Å². The van der Waals surface area contributed by atoms with E-state index in [-0.39, 0.29) is 0 Å². The Morgan fingerprint density at radius 1 is 1.17 bits per heavy atom. The van der Waals surface area contributed by atoms with Gasteiger partial charge >= 0.3 is 0 Å². The first-order chi connectivity index (χ1) is 11.6. The van der Waals surface area contributed by atoms with Crippen molar-refractivity contribution in [2.24, 2.45) is 4.99 Å². The van der Waals surface area contributed by atoms with E-state index in [1.54, 1.807) is 25.5 Å². The number of hydrogen-bond donors (Lipinski definition) is 2. The summed E-state index contributed by atoms with van der Waals surface area (Å²) in [5.41, 5.74) is 3.53. The van der Waals surface area contributed by atoms with Crippen LogP contribution in [0.3, 0.4) is 0 Å². The lowest BCUT2D eigenvalue weighted by Gasteiger charge is -2.11. The van der Waals surface area contributed by atoms with Gasteiger partial charge in [0.25, 0.3) is 0 Å². The molecule has 2 N–H and O–H groups in total. The highest BCUT2D eigenvalue weighted by molar-refractivity contribution is 7.09. The summed E-state index contributed by atoms with van der Waals surface area (Å²) in [5, 5.41) is 9.83. The fourth-order valence-corrected chi connectivity index (χ4v) is 3.05. The molecule has 0 unspecified atom stereocenters. The van der Waals surface area contributed by atoms with Crippen LogP contribution in [0.4, 0.5) is 0 Å². The van der Waals surface area contributed by atoms with E-state index in [1.807, 2.05) is 0 Å². The number of benzene rings is 1. The molecule has 0 radical (unpaired) electrons. The van der Waals surface area contributed by atoms with Crippen LogP contribution >= 0.6 is 11.3 Å². The highest BCUT2D eigenvalue weighted by atomic mass is 32.1. The second-order valence-electron chi connectivity index (χ2n) is 5.85. The fourth-order valence-electron chi connectivity index (χ4n) is 2.16. The third kappa shape index (κ3) is 5.62. The lowest BCUT2D eigenvalue weighted by Crippen LogP contribution is -2.36. The van der Waals surface area contributed by atoms with E-state index in [9.17, 15) is 0 Å². The summed E-state index contributed by atoms with van der Waals surface area (Å²) in [6, 6.07) is 8.37. The zero-order chi connectivity index (χ0) is 17.4. The number of rotatable bonds is 7. The Bertz CT molecular complexity index is 649. The second kappa shape index (κ2) is 9.39. The number of ether oxygens (including phenoxy) is 1. The van der Waals surface area contributed by atoms with Gasteiger partial charge in [0.2, 0.25) is 0 Å². The van der Waals surface area contributed by atoms with Crippen molar-refractivity contribution in [3.8, 4) is 0 Å². The van der Waals surface area contributed by atoms with Gasteiger partial charge in [-0.1, -0.05) is 38.1 Å². The number of thiazole rings is 1. The van der Waals surface area contributed by atoms with Gasteiger partial charge in [0, 0.05) is 26.1 Å². The lowest BCUT2D eigenvalue weighted by atomic mass is 10.1. The topological polar surface area (TPSA) is 58.5 Å². The van der Waals surface area contributed by atoms with E-state index in [0.717, 1.165) is 23.2 Å². The third-order valence-electron chi connectivity index (χ3n) is 3.59. The number of guanidine groups is 1. The van der Waals surface area contributed by atoms with Crippen molar-refractivity contribution in [2.75, 3.05) is 14.2 Å². The predicted octanol–water partition coefficient (Wildman–Crippen LogP) is 3.28. The van der Waals surface area contributed by atoms with E-state index in [1.165, 1.54) is 11.1 Å². The van der Waals surface area contributed by atoms with Crippen molar-refractivity contribution in [1.82, 2.24) is 15.6 Å². The maximum absolute atomic E-state index is 5.12. The molecule has 0 saturated heterocycles. The molecule has 0 aliphatic rings. The summed E-state index contributed by atoms with van der Waals surface area (Å²) in [5.74, 6) is 1.24. The van der Waals surface area contributed by atoms with Crippen LogP contribution in [0.25, 0.3) is 0 Å². The van der Waals surface area contributed by atoms with Gasteiger partial charge in [0.15, 0.2) is 5.96 Å². The molecule has 5 nitrogen and oxygen atoms in total. The molecular formula is C18H26N4OS. The van der Waals surface area contributed by atoms with E-state index < -0.39 is 0 Å². The molecule has 0 spiro atoms. The second-order valence-corrected chi connectivity index (χ2v) is 6.79. The Morgan fingerprint density at radius 2 is 1.83 bits per heavy atom. The summed E-state index contributed by atoms with van der Waals surface area (Å²) >= 11 is 1.68. The number of methoxy groups -OCH3 is 1. The number of hydrogen-bond acceptors (Lipinski definition) is 4. The summed E-state index contributed by atoms with van der Waals surface area (Å²) in [6.07, 6.45) is 0. The predicted molar refractivity (Wildman–Crippen MR) is 100 cm³/mol. The highest BCUT2D eigenvalue weighted by Crippen LogP contribution is 2.17. The van der Waals surface area contributed by atoms with Crippen molar-refractivity contribution in [2.45, 2.75) is 39.5 Å². The minimum absolute atomic E-state index is 0.466. The van der Waals surface area contributed by atoms with E-state index in [4.69, 9.17) is 4.74 Å². The first-order valence-corrected chi connectivity index (χ1v) is 8.96. The van der Waals surface area contributed by atoms with Crippen LogP contribution in [-0.2, 0) is 24.4 Å². The highest BCUT2D eigenvalue weighted by Gasteiger charge is 2.06. The average molecular weight is 347 g/mol. The molecule has 2 rings (SSSR count). The number of nitrogens with zero attached hydrogens (tertiary/aromatic N) is 2. The average Bonchev–Trinajstić information content (AvgIpc) is 3.06. The Labute approximate surface area is 148 Å². The Kier molecular flexibility index (Phi) is 7.21.